The van der Waals surface area contributed by atoms with Crippen molar-refractivity contribution in [3.05, 3.63) is 35.0 Å². The summed E-state index contributed by atoms with van der Waals surface area (Å²) in [7, 11) is 1.85. The Morgan fingerprint density at radius 1 is 1.47 bits per heavy atom. The van der Waals surface area contributed by atoms with E-state index in [9.17, 15) is 0 Å². The van der Waals surface area contributed by atoms with Gasteiger partial charge in [-0.3, -0.25) is 0 Å². The van der Waals surface area contributed by atoms with Crippen LogP contribution >= 0.6 is 15.9 Å². The van der Waals surface area contributed by atoms with Crippen molar-refractivity contribution in [2.24, 2.45) is 0 Å². The first-order valence-electron chi connectivity index (χ1n) is 6.27. The van der Waals surface area contributed by atoms with Crippen molar-refractivity contribution in [1.29, 1.82) is 0 Å². The third-order valence-corrected chi connectivity index (χ3v) is 3.90. The van der Waals surface area contributed by atoms with E-state index in [-0.39, 0.29) is 0 Å². The Kier molecular flexibility index (Phi) is 3.42. The monoisotopic (exact) mass is 322 g/mol. The Balaban J connectivity index is 1.92. The molecule has 1 saturated carbocycles. The van der Waals surface area contributed by atoms with Crippen LogP contribution < -0.4 is 10.2 Å². The number of aromatic nitrogens is 2. The van der Waals surface area contributed by atoms with E-state index in [1.54, 1.807) is 12.6 Å². The Labute approximate surface area is 120 Å². The highest BCUT2D eigenvalue weighted by Gasteiger charge is 2.32. The second-order valence-electron chi connectivity index (χ2n) is 4.55. The van der Waals surface area contributed by atoms with Gasteiger partial charge in [-0.25, -0.2) is 9.97 Å². The molecule has 2 aromatic rings. The lowest BCUT2D eigenvalue weighted by molar-refractivity contribution is 0.500. The summed E-state index contributed by atoms with van der Waals surface area (Å²) in [6, 6.07) is 4.44. The first-order chi connectivity index (χ1) is 9.29. The number of hydrogen-bond acceptors (Lipinski definition) is 5. The molecular weight excluding hydrogens is 308 g/mol. The van der Waals surface area contributed by atoms with Crippen molar-refractivity contribution >= 4 is 27.6 Å². The highest BCUT2D eigenvalue weighted by molar-refractivity contribution is 9.10. The molecule has 0 saturated heterocycles. The average Bonchev–Trinajstić information content (AvgIpc) is 3.14. The van der Waals surface area contributed by atoms with E-state index in [0.29, 0.717) is 6.04 Å². The van der Waals surface area contributed by atoms with E-state index in [4.69, 9.17) is 4.42 Å². The molecule has 19 heavy (non-hydrogen) atoms. The summed E-state index contributed by atoms with van der Waals surface area (Å²) in [6.07, 6.45) is 5.69. The van der Waals surface area contributed by atoms with Crippen LogP contribution in [0, 0.1) is 0 Å². The van der Waals surface area contributed by atoms with Crippen LogP contribution in [0.4, 0.5) is 11.6 Å². The predicted molar refractivity (Wildman–Crippen MR) is 77.2 cm³/mol. The zero-order valence-corrected chi connectivity index (χ0v) is 12.2. The first kappa shape index (κ1) is 12.5. The number of furan rings is 1. The summed E-state index contributed by atoms with van der Waals surface area (Å²) in [4.78, 5) is 10.9. The molecule has 0 aliphatic heterocycles. The lowest BCUT2D eigenvalue weighted by Crippen LogP contribution is -2.26. The number of anilines is 2. The zero-order valence-electron chi connectivity index (χ0n) is 10.6. The lowest BCUT2D eigenvalue weighted by Gasteiger charge is -2.24. The first-order valence-corrected chi connectivity index (χ1v) is 7.06. The van der Waals surface area contributed by atoms with E-state index < -0.39 is 0 Å². The van der Waals surface area contributed by atoms with Crippen molar-refractivity contribution in [2.45, 2.75) is 25.4 Å². The summed E-state index contributed by atoms with van der Waals surface area (Å²) in [6.45, 7) is 0.733. The van der Waals surface area contributed by atoms with Gasteiger partial charge in [0.05, 0.1) is 12.8 Å². The van der Waals surface area contributed by atoms with Crippen LogP contribution in [0.15, 0.2) is 33.6 Å². The minimum absolute atomic E-state index is 0.543. The van der Waals surface area contributed by atoms with Gasteiger partial charge in [-0.15, -0.1) is 0 Å². The molecule has 0 atom stereocenters. The van der Waals surface area contributed by atoms with Crippen molar-refractivity contribution in [2.75, 3.05) is 17.3 Å². The quantitative estimate of drug-likeness (QED) is 0.916. The van der Waals surface area contributed by atoms with E-state index in [1.165, 1.54) is 12.8 Å². The number of rotatable bonds is 5. The van der Waals surface area contributed by atoms with Gasteiger partial charge in [0, 0.05) is 13.1 Å². The van der Waals surface area contributed by atoms with Crippen molar-refractivity contribution in [3.63, 3.8) is 0 Å². The molecule has 2 aromatic heterocycles. The number of halogens is 1. The highest BCUT2D eigenvalue weighted by atomic mass is 79.9. The Bertz CT molecular complexity index is 554. The van der Waals surface area contributed by atoms with E-state index in [1.807, 2.05) is 19.2 Å². The minimum Gasteiger partial charge on any atom is -0.467 e. The molecule has 2 heterocycles. The summed E-state index contributed by atoms with van der Waals surface area (Å²) in [5.74, 6) is 2.66. The van der Waals surface area contributed by atoms with Gasteiger partial charge in [0.1, 0.15) is 28.2 Å². The largest absolute Gasteiger partial charge is 0.467 e. The fourth-order valence-electron chi connectivity index (χ4n) is 2.07. The predicted octanol–water partition coefficient (Wildman–Crippen LogP) is 3.04. The molecule has 1 aliphatic rings. The molecule has 0 radical (unpaired) electrons. The van der Waals surface area contributed by atoms with E-state index in [0.717, 1.165) is 28.4 Å². The van der Waals surface area contributed by atoms with Gasteiger partial charge in [-0.05, 0) is 40.9 Å². The molecule has 0 unspecified atom stereocenters. The summed E-state index contributed by atoms with van der Waals surface area (Å²) < 4.78 is 6.34. The molecule has 3 rings (SSSR count). The SMILES string of the molecule is CNc1ncnc(N(Cc2ccco2)C2CC2)c1Br. The molecule has 1 aliphatic carbocycles. The summed E-state index contributed by atoms with van der Waals surface area (Å²) in [5.41, 5.74) is 0. The standard InChI is InChI=1S/C13H15BrN4O/c1-15-12-11(14)13(17-8-16-12)18(9-4-5-9)7-10-3-2-6-19-10/h2-3,6,8-9H,4-5,7H2,1H3,(H,15,16,17). The Morgan fingerprint density at radius 3 is 2.95 bits per heavy atom. The molecule has 5 nitrogen and oxygen atoms in total. The molecular formula is C13H15BrN4O. The molecule has 0 bridgehead atoms. The number of nitrogens with one attached hydrogen (secondary N) is 1. The third-order valence-electron chi connectivity index (χ3n) is 3.17. The molecule has 6 heteroatoms. The fraction of sp³-hybridized carbons (Fsp3) is 0.385. The zero-order chi connectivity index (χ0) is 13.2. The topological polar surface area (TPSA) is 54.2 Å². The minimum atomic E-state index is 0.543. The Hall–Kier alpha value is -1.56. The van der Waals surface area contributed by atoms with Gasteiger partial charge < -0.3 is 14.6 Å². The van der Waals surface area contributed by atoms with Crippen molar-refractivity contribution < 1.29 is 4.42 Å². The molecule has 0 aromatic carbocycles. The van der Waals surface area contributed by atoms with Crippen LogP contribution in [0.3, 0.4) is 0 Å². The van der Waals surface area contributed by atoms with Crippen molar-refractivity contribution in [3.8, 4) is 0 Å². The normalized spacial score (nSPS) is 14.4. The summed E-state index contributed by atoms with van der Waals surface area (Å²) >= 11 is 3.58. The molecule has 1 N–H and O–H groups in total. The van der Waals surface area contributed by atoms with Crippen LogP contribution in [0.25, 0.3) is 0 Å². The Morgan fingerprint density at radius 2 is 2.32 bits per heavy atom. The fourth-order valence-corrected chi connectivity index (χ4v) is 2.70. The van der Waals surface area contributed by atoms with Gasteiger partial charge in [-0.2, -0.15) is 0 Å². The maximum Gasteiger partial charge on any atom is 0.149 e. The van der Waals surface area contributed by atoms with Gasteiger partial charge >= 0.3 is 0 Å². The van der Waals surface area contributed by atoms with Gasteiger partial charge in [-0.1, -0.05) is 0 Å². The second kappa shape index (κ2) is 5.21. The average molecular weight is 323 g/mol. The van der Waals surface area contributed by atoms with Gasteiger partial charge in [0.2, 0.25) is 0 Å². The van der Waals surface area contributed by atoms with E-state index in [2.05, 4.69) is 36.1 Å². The lowest BCUT2D eigenvalue weighted by atomic mass is 10.3. The van der Waals surface area contributed by atoms with Gasteiger partial charge in [0.25, 0.3) is 0 Å². The third kappa shape index (κ3) is 2.58. The number of nitrogens with zero attached hydrogens (tertiary/aromatic N) is 3. The molecule has 0 amide bonds. The molecule has 100 valence electrons. The van der Waals surface area contributed by atoms with Crippen LogP contribution in [-0.2, 0) is 6.54 Å². The smallest absolute Gasteiger partial charge is 0.149 e. The summed E-state index contributed by atoms with van der Waals surface area (Å²) in [5, 5.41) is 3.06. The second-order valence-corrected chi connectivity index (χ2v) is 5.34. The maximum atomic E-state index is 5.44. The molecule has 1 fully saturated rings. The highest BCUT2D eigenvalue weighted by Crippen LogP contribution is 2.37. The van der Waals surface area contributed by atoms with Crippen LogP contribution in [-0.4, -0.2) is 23.1 Å². The van der Waals surface area contributed by atoms with Crippen LogP contribution in [0.2, 0.25) is 0 Å². The van der Waals surface area contributed by atoms with Crippen LogP contribution in [0.5, 0.6) is 0 Å². The van der Waals surface area contributed by atoms with Crippen LogP contribution in [0.1, 0.15) is 18.6 Å². The maximum absolute atomic E-state index is 5.44. The number of hydrogen-bond donors (Lipinski definition) is 1. The van der Waals surface area contributed by atoms with Crippen molar-refractivity contribution in [1.82, 2.24) is 9.97 Å². The van der Waals surface area contributed by atoms with Gasteiger partial charge in [0.15, 0.2) is 0 Å². The molecule has 0 spiro atoms. The van der Waals surface area contributed by atoms with E-state index >= 15 is 0 Å².